The molecule has 5 heteroatoms. The van der Waals surface area contributed by atoms with E-state index in [0.717, 1.165) is 15.9 Å². The average molecular weight is 339 g/mol. The first-order chi connectivity index (χ1) is 7.04. The molecule has 1 rings (SSSR count). The van der Waals surface area contributed by atoms with E-state index < -0.39 is 5.97 Å². The van der Waals surface area contributed by atoms with Gasteiger partial charge in [-0.25, -0.2) is 4.79 Å². The lowest BCUT2D eigenvalue weighted by Gasteiger charge is -2.12. The number of rotatable bonds is 5. The zero-order valence-electron chi connectivity index (χ0n) is 8.74. The second-order valence-electron chi connectivity index (χ2n) is 3.56. The third kappa shape index (κ3) is 3.71. The van der Waals surface area contributed by atoms with Gasteiger partial charge in [-0.15, -0.1) is 0 Å². The average Bonchev–Trinajstić information content (AvgIpc) is 2.47. The van der Waals surface area contributed by atoms with Crippen molar-refractivity contribution in [3.63, 3.8) is 0 Å². The smallest absolute Gasteiger partial charge is 0.352 e. The first kappa shape index (κ1) is 12.9. The van der Waals surface area contributed by atoms with Crippen LogP contribution in [0.3, 0.4) is 0 Å². The van der Waals surface area contributed by atoms with Crippen LogP contribution in [-0.4, -0.2) is 27.7 Å². The van der Waals surface area contributed by atoms with E-state index in [4.69, 9.17) is 5.11 Å². The summed E-state index contributed by atoms with van der Waals surface area (Å²) in [5.74, 6) is 0.684. The van der Waals surface area contributed by atoms with Crippen LogP contribution in [0.2, 0.25) is 0 Å². The Morgan fingerprint density at radius 1 is 1.73 bits per heavy atom. The normalized spacial score (nSPS) is 12.7. The topological polar surface area (TPSA) is 42.2 Å². The predicted octanol–water partition coefficient (Wildman–Crippen LogP) is 2.79. The number of aromatic nitrogens is 1. The fraction of sp³-hybridized carbons (Fsp3) is 0.500. The van der Waals surface area contributed by atoms with Gasteiger partial charge in [-0.3, -0.25) is 0 Å². The molecular formula is C10H14INO2S. The lowest BCUT2D eigenvalue weighted by atomic mass is 10.2. The molecule has 1 atom stereocenters. The van der Waals surface area contributed by atoms with E-state index in [1.165, 1.54) is 0 Å². The van der Waals surface area contributed by atoms with Crippen molar-refractivity contribution in [3.8, 4) is 0 Å². The first-order valence-electron chi connectivity index (χ1n) is 4.62. The molecule has 1 N–H and O–H groups in total. The van der Waals surface area contributed by atoms with Crippen LogP contribution in [0.4, 0.5) is 0 Å². The summed E-state index contributed by atoms with van der Waals surface area (Å²) < 4.78 is 2.80. The third-order valence-electron chi connectivity index (χ3n) is 2.04. The number of nitrogens with zero attached hydrogens (tertiary/aromatic N) is 1. The minimum atomic E-state index is -0.853. The molecule has 0 spiro atoms. The molecule has 3 nitrogen and oxygen atoms in total. The summed E-state index contributed by atoms with van der Waals surface area (Å²) in [5, 5.41) is 8.99. The molecule has 0 saturated heterocycles. The highest BCUT2D eigenvalue weighted by Crippen LogP contribution is 2.15. The van der Waals surface area contributed by atoms with Crippen LogP contribution < -0.4 is 0 Å². The maximum atomic E-state index is 10.9. The maximum Gasteiger partial charge on any atom is 0.352 e. The molecule has 84 valence electrons. The van der Waals surface area contributed by atoms with Crippen LogP contribution in [0.1, 0.15) is 17.4 Å². The minimum Gasteiger partial charge on any atom is -0.477 e. The molecular weight excluding hydrogens is 325 g/mol. The Bertz CT molecular complexity index is 351. The van der Waals surface area contributed by atoms with Gasteiger partial charge in [0.25, 0.3) is 0 Å². The SMILES string of the molecule is CSCC(C)Cn1cc(I)cc1C(=O)O. The Morgan fingerprint density at radius 3 is 2.93 bits per heavy atom. The first-order valence-corrected chi connectivity index (χ1v) is 7.09. The van der Waals surface area contributed by atoms with Crippen LogP contribution in [0.15, 0.2) is 12.3 Å². The van der Waals surface area contributed by atoms with E-state index >= 15 is 0 Å². The van der Waals surface area contributed by atoms with E-state index in [0.29, 0.717) is 11.6 Å². The summed E-state index contributed by atoms with van der Waals surface area (Å²) in [4.78, 5) is 10.9. The van der Waals surface area contributed by atoms with Crippen LogP contribution in [-0.2, 0) is 6.54 Å². The number of carboxylic acid groups (broad SMARTS) is 1. The maximum absolute atomic E-state index is 10.9. The molecule has 1 aromatic heterocycles. The van der Waals surface area contributed by atoms with Gasteiger partial charge in [-0.2, -0.15) is 11.8 Å². The number of aromatic carboxylic acids is 1. The monoisotopic (exact) mass is 339 g/mol. The molecule has 0 radical (unpaired) electrons. The summed E-state index contributed by atoms with van der Waals surface area (Å²) in [6.07, 6.45) is 3.95. The van der Waals surface area contributed by atoms with Gasteiger partial charge in [0.2, 0.25) is 0 Å². The van der Waals surface area contributed by atoms with Gasteiger partial charge in [0.15, 0.2) is 0 Å². The Balaban J connectivity index is 2.79. The summed E-state index contributed by atoms with van der Waals surface area (Å²) in [7, 11) is 0. The molecule has 0 amide bonds. The van der Waals surface area contributed by atoms with E-state index in [-0.39, 0.29) is 0 Å². The van der Waals surface area contributed by atoms with Crippen molar-refractivity contribution < 1.29 is 9.90 Å². The fourth-order valence-electron chi connectivity index (χ4n) is 1.48. The summed E-state index contributed by atoms with van der Waals surface area (Å²) in [5.41, 5.74) is 0.382. The number of thioether (sulfide) groups is 1. The number of hydrogen-bond donors (Lipinski definition) is 1. The lowest BCUT2D eigenvalue weighted by Crippen LogP contribution is -2.14. The predicted molar refractivity (Wildman–Crippen MR) is 71.7 cm³/mol. The molecule has 1 heterocycles. The number of carboxylic acids is 1. The quantitative estimate of drug-likeness (QED) is 0.839. The van der Waals surface area contributed by atoms with Crippen molar-refractivity contribution in [2.24, 2.45) is 5.92 Å². The van der Waals surface area contributed by atoms with Crippen molar-refractivity contribution in [3.05, 3.63) is 21.5 Å². The zero-order valence-corrected chi connectivity index (χ0v) is 11.7. The second kappa shape index (κ2) is 5.79. The van der Waals surface area contributed by atoms with E-state index in [2.05, 4.69) is 35.8 Å². The molecule has 0 fully saturated rings. The van der Waals surface area contributed by atoms with Crippen molar-refractivity contribution >= 4 is 40.3 Å². The van der Waals surface area contributed by atoms with E-state index in [9.17, 15) is 4.79 Å². The highest BCUT2D eigenvalue weighted by molar-refractivity contribution is 14.1. The molecule has 1 aromatic rings. The highest BCUT2D eigenvalue weighted by Gasteiger charge is 2.13. The van der Waals surface area contributed by atoms with Crippen molar-refractivity contribution in [1.29, 1.82) is 0 Å². The van der Waals surface area contributed by atoms with Gasteiger partial charge >= 0.3 is 5.97 Å². The minimum absolute atomic E-state index is 0.382. The van der Waals surface area contributed by atoms with Crippen LogP contribution >= 0.6 is 34.4 Å². The van der Waals surface area contributed by atoms with Crippen LogP contribution in [0, 0.1) is 9.49 Å². The van der Waals surface area contributed by atoms with Gasteiger partial charge in [-0.05, 0) is 46.6 Å². The molecule has 0 aromatic carbocycles. The Morgan fingerprint density at radius 2 is 2.40 bits per heavy atom. The standard InChI is InChI=1S/C10H14INO2S/c1-7(6-15-2)4-12-5-8(11)3-9(12)10(13)14/h3,5,7H,4,6H2,1-2H3,(H,13,14). The lowest BCUT2D eigenvalue weighted by molar-refractivity contribution is 0.0684. The molecule has 0 saturated carbocycles. The molecule has 15 heavy (non-hydrogen) atoms. The molecule has 0 aliphatic heterocycles. The summed E-state index contributed by atoms with van der Waals surface area (Å²) in [6, 6.07) is 1.70. The summed E-state index contributed by atoms with van der Waals surface area (Å²) >= 11 is 3.93. The fourth-order valence-corrected chi connectivity index (χ4v) is 2.78. The molecule has 0 aliphatic rings. The van der Waals surface area contributed by atoms with Gasteiger partial charge in [0.05, 0.1) is 0 Å². The Kier molecular flexibility index (Phi) is 4.98. The number of halogens is 1. The van der Waals surface area contributed by atoms with Crippen molar-refractivity contribution in [2.75, 3.05) is 12.0 Å². The molecule has 1 unspecified atom stereocenters. The van der Waals surface area contributed by atoms with E-state index in [1.54, 1.807) is 17.8 Å². The van der Waals surface area contributed by atoms with Gasteiger partial charge in [0, 0.05) is 16.3 Å². The number of hydrogen-bond acceptors (Lipinski definition) is 2. The Labute approximate surface area is 107 Å². The molecule has 0 bridgehead atoms. The Hall–Kier alpha value is -0.170. The van der Waals surface area contributed by atoms with Crippen molar-refractivity contribution in [1.82, 2.24) is 4.57 Å². The largest absolute Gasteiger partial charge is 0.477 e. The van der Waals surface area contributed by atoms with Crippen LogP contribution in [0.5, 0.6) is 0 Å². The number of carbonyl (C=O) groups is 1. The van der Waals surface area contributed by atoms with Gasteiger partial charge in [0.1, 0.15) is 5.69 Å². The van der Waals surface area contributed by atoms with Crippen LogP contribution in [0.25, 0.3) is 0 Å². The highest BCUT2D eigenvalue weighted by atomic mass is 127. The zero-order chi connectivity index (χ0) is 11.4. The van der Waals surface area contributed by atoms with Crippen molar-refractivity contribution in [2.45, 2.75) is 13.5 Å². The van der Waals surface area contributed by atoms with Gasteiger partial charge in [-0.1, -0.05) is 6.92 Å². The third-order valence-corrected chi connectivity index (χ3v) is 3.53. The van der Waals surface area contributed by atoms with Gasteiger partial charge < -0.3 is 9.67 Å². The summed E-state index contributed by atoms with van der Waals surface area (Å²) in [6.45, 7) is 2.90. The molecule has 0 aliphatic carbocycles. The second-order valence-corrected chi connectivity index (χ2v) is 5.72. The van der Waals surface area contributed by atoms with E-state index in [1.807, 2.05) is 10.8 Å².